The number of rotatable bonds is 2. The van der Waals surface area contributed by atoms with Crippen LogP contribution in [0, 0.1) is 0 Å². The molecule has 1 aliphatic heterocycles. The number of piperidine rings is 1. The molecule has 0 amide bonds. The maximum absolute atomic E-state index is 4.06. The zero-order valence-corrected chi connectivity index (χ0v) is 10.1. The zero-order valence-electron chi connectivity index (χ0n) is 10.1. The highest BCUT2D eigenvalue weighted by Gasteiger charge is 2.18. The second kappa shape index (κ2) is 4.37. The van der Waals surface area contributed by atoms with Crippen molar-refractivity contribution in [2.24, 2.45) is 0 Å². The van der Waals surface area contributed by atoms with Crippen LogP contribution in [-0.4, -0.2) is 36.4 Å². The fourth-order valence-corrected chi connectivity index (χ4v) is 2.55. The Kier molecular flexibility index (Phi) is 2.73. The van der Waals surface area contributed by atoms with Crippen molar-refractivity contribution in [1.82, 2.24) is 15.5 Å². The highest BCUT2D eigenvalue weighted by Crippen LogP contribution is 2.23. The molecule has 0 unspecified atom stereocenters. The Labute approximate surface area is 101 Å². The summed E-state index contributed by atoms with van der Waals surface area (Å²) >= 11 is 0. The van der Waals surface area contributed by atoms with Crippen molar-refractivity contribution >= 4 is 16.6 Å². The standard InChI is InChI=1S/C13H18N4/c1-17(11-4-6-14-7-5-11)12-2-3-13-10(8-12)9-15-16-13/h2-3,8-9,11,14H,4-7H2,1H3,(H,15,16). The third-order valence-electron chi connectivity index (χ3n) is 3.69. The Morgan fingerprint density at radius 1 is 1.29 bits per heavy atom. The first-order chi connectivity index (χ1) is 8.34. The summed E-state index contributed by atoms with van der Waals surface area (Å²) in [5.41, 5.74) is 2.39. The molecule has 17 heavy (non-hydrogen) atoms. The van der Waals surface area contributed by atoms with E-state index in [9.17, 15) is 0 Å². The summed E-state index contributed by atoms with van der Waals surface area (Å²) in [4.78, 5) is 2.40. The first-order valence-electron chi connectivity index (χ1n) is 6.21. The largest absolute Gasteiger partial charge is 0.371 e. The number of aromatic nitrogens is 2. The van der Waals surface area contributed by atoms with Crippen molar-refractivity contribution in [2.75, 3.05) is 25.0 Å². The van der Waals surface area contributed by atoms with Crippen LogP contribution in [0.15, 0.2) is 24.4 Å². The lowest BCUT2D eigenvalue weighted by Gasteiger charge is -2.33. The van der Waals surface area contributed by atoms with E-state index in [1.807, 2.05) is 6.20 Å². The van der Waals surface area contributed by atoms with Gasteiger partial charge >= 0.3 is 0 Å². The van der Waals surface area contributed by atoms with Crippen LogP contribution in [0.4, 0.5) is 5.69 Å². The Hall–Kier alpha value is -1.55. The van der Waals surface area contributed by atoms with Crippen molar-refractivity contribution in [3.63, 3.8) is 0 Å². The van der Waals surface area contributed by atoms with Gasteiger partial charge in [0.15, 0.2) is 0 Å². The number of hydrogen-bond acceptors (Lipinski definition) is 3. The molecule has 1 aliphatic rings. The molecular weight excluding hydrogens is 212 g/mol. The summed E-state index contributed by atoms with van der Waals surface area (Å²) in [5, 5.41) is 11.6. The van der Waals surface area contributed by atoms with E-state index in [1.54, 1.807) is 0 Å². The molecule has 0 bridgehead atoms. The van der Waals surface area contributed by atoms with Gasteiger partial charge in [-0.1, -0.05) is 0 Å². The van der Waals surface area contributed by atoms with E-state index in [0.29, 0.717) is 6.04 Å². The van der Waals surface area contributed by atoms with Gasteiger partial charge in [0.25, 0.3) is 0 Å². The van der Waals surface area contributed by atoms with Crippen molar-refractivity contribution < 1.29 is 0 Å². The zero-order chi connectivity index (χ0) is 11.7. The lowest BCUT2D eigenvalue weighted by atomic mass is 10.0. The lowest BCUT2D eigenvalue weighted by molar-refractivity contribution is 0.443. The summed E-state index contributed by atoms with van der Waals surface area (Å²) in [7, 11) is 2.19. The molecule has 2 heterocycles. The number of hydrogen-bond donors (Lipinski definition) is 2. The quantitative estimate of drug-likeness (QED) is 0.826. The number of benzene rings is 1. The molecule has 2 N–H and O–H groups in total. The lowest BCUT2D eigenvalue weighted by Crippen LogP contribution is -2.41. The maximum atomic E-state index is 4.06. The molecule has 1 aromatic heterocycles. The van der Waals surface area contributed by atoms with E-state index in [-0.39, 0.29) is 0 Å². The van der Waals surface area contributed by atoms with E-state index in [4.69, 9.17) is 0 Å². The average molecular weight is 230 g/mol. The van der Waals surface area contributed by atoms with Crippen molar-refractivity contribution in [2.45, 2.75) is 18.9 Å². The molecule has 2 aromatic rings. The predicted molar refractivity (Wildman–Crippen MR) is 70.4 cm³/mol. The van der Waals surface area contributed by atoms with Gasteiger partial charge in [-0.25, -0.2) is 0 Å². The average Bonchev–Trinajstić information content (AvgIpc) is 2.86. The Balaban J connectivity index is 1.86. The maximum Gasteiger partial charge on any atom is 0.0651 e. The number of H-pyrrole nitrogens is 1. The van der Waals surface area contributed by atoms with Gasteiger partial charge in [-0.2, -0.15) is 5.10 Å². The summed E-state index contributed by atoms with van der Waals surface area (Å²) in [6, 6.07) is 7.14. The van der Waals surface area contributed by atoms with Crippen LogP contribution in [0.3, 0.4) is 0 Å². The van der Waals surface area contributed by atoms with Gasteiger partial charge in [0.05, 0.1) is 11.7 Å². The van der Waals surface area contributed by atoms with Crippen molar-refractivity contribution in [1.29, 1.82) is 0 Å². The molecule has 1 saturated heterocycles. The second-order valence-electron chi connectivity index (χ2n) is 4.73. The molecule has 0 radical (unpaired) electrons. The Morgan fingerprint density at radius 3 is 2.94 bits per heavy atom. The van der Waals surface area contributed by atoms with Gasteiger partial charge in [0, 0.05) is 24.2 Å². The van der Waals surface area contributed by atoms with Gasteiger partial charge in [-0.3, -0.25) is 5.10 Å². The Bertz CT molecular complexity index is 499. The molecular formula is C13H18N4. The highest BCUT2D eigenvalue weighted by atomic mass is 15.1. The van der Waals surface area contributed by atoms with Crippen LogP contribution in [0.25, 0.3) is 10.9 Å². The molecule has 90 valence electrons. The normalized spacial score (nSPS) is 17.5. The van der Waals surface area contributed by atoms with Crippen molar-refractivity contribution in [3.05, 3.63) is 24.4 Å². The summed E-state index contributed by atoms with van der Waals surface area (Å²) in [6.07, 6.45) is 4.33. The molecule has 0 spiro atoms. The minimum absolute atomic E-state index is 0.653. The SMILES string of the molecule is CN(c1ccc2[nH]ncc2c1)C1CCNCC1. The minimum Gasteiger partial charge on any atom is -0.371 e. The minimum atomic E-state index is 0.653. The van der Waals surface area contributed by atoms with E-state index < -0.39 is 0 Å². The third-order valence-corrected chi connectivity index (χ3v) is 3.69. The van der Waals surface area contributed by atoms with Gasteiger partial charge in [0.1, 0.15) is 0 Å². The van der Waals surface area contributed by atoms with Gasteiger partial charge in [-0.15, -0.1) is 0 Å². The molecule has 4 nitrogen and oxygen atoms in total. The smallest absolute Gasteiger partial charge is 0.0651 e. The first kappa shape index (κ1) is 10.6. The molecule has 0 saturated carbocycles. The van der Waals surface area contributed by atoms with E-state index >= 15 is 0 Å². The van der Waals surface area contributed by atoms with Crippen LogP contribution >= 0.6 is 0 Å². The molecule has 0 atom stereocenters. The topological polar surface area (TPSA) is 44.0 Å². The van der Waals surface area contributed by atoms with Crippen LogP contribution in [0.5, 0.6) is 0 Å². The molecule has 3 rings (SSSR count). The van der Waals surface area contributed by atoms with E-state index in [0.717, 1.165) is 18.6 Å². The molecule has 1 aromatic carbocycles. The van der Waals surface area contributed by atoms with Crippen LogP contribution in [0.2, 0.25) is 0 Å². The number of anilines is 1. The summed E-state index contributed by atoms with van der Waals surface area (Å²) in [6.45, 7) is 2.26. The fourth-order valence-electron chi connectivity index (χ4n) is 2.55. The highest BCUT2D eigenvalue weighted by molar-refractivity contribution is 5.82. The van der Waals surface area contributed by atoms with Crippen molar-refractivity contribution in [3.8, 4) is 0 Å². The monoisotopic (exact) mass is 230 g/mol. The number of fused-ring (bicyclic) bond motifs is 1. The molecule has 1 fully saturated rings. The second-order valence-corrected chi connectivity index (χ2v) is 4.73. The molecule has 0 aliphatic carbocycles. The van der Waals surface area contributed by atoms with Gasteiger partial charge in [0.2, 0.25) is 0 Å². The van der Waals surface area contributed by atoms with Gasteiger partial charge in [-0.05, 0) is 44.1 Å². The van der Waals surface area contributed by atoms with Crippen LogP contribution in [-0.2, 0) is 0 Å². The number of aromatic amines is 1. The Morgan fingerprint density at radius 2 is 2.12 bits per heavy atom. The van der Waals surface area contributed by atoms with E-state index in [1.165, 1.54) is 23.9 Å². The predicted octanol–water partition coefficient (Wildman–Crippen LogP) is 1.75. The van der Waals surface area contributed by atoms with E-state index in [2.05, 4.69) is 45.7 Å². The van der Waals surface area contributed by atoms with Crippen LogP contribution < -0.4 is 10.2 Å². The molecule has 4 heteroatoms. The summed E-state index contributed by atoms with van der Waals surface area (Å²) < 4.78 is 0. The summed E-state index contributed by atoms with van der Waals surface area (Å²) in [5.74, 6) is 0. The third kappa shape index (κ3) is 2.00. The fraction of sp³-hybridized carbons (Fsp3) is 0.462. The first-order valence-corrected chi connectivity index (χ1v) is 6.21. The number of nitrogens with one attached hydrogen (secondary N) is 2. The van der Waals surface area contributed by atoms with Crippen LogP contribution in [0.1, 0.15) is 12.8 Å². The van der Waals surface area contributed by atoms with Gasteiger partial charge < -0.3 is 10.2 Å². The number of nitrogens with zero attached hydrogens (tertiary/aromatic N) is 2.